The first-order valence-corrected chi connectivity index (χ1v) is 10.8. The van der Waals surface area contributed by atoms with Crippen molar-refractivity contribution in [2.45, 2.75) is 46.2 Å². The standard InChI is InChI=1S/C15H27N5O2S2.HI/c1-4-16-15(18-11-14-17-10-12(3)23-14)19-13-6-8-20(9-7-13)24(21,22)5-2;/h10,13H,4-9,11H2,1-3H3,(H2,16,18,19);1H. The van der Waals surface area contributed by atoms with E-state index in [0.717, 1.165) is 30.4 Å². The van der Waals surface area contributed by atoms with Crippen molar-refractivity contribution in [3.63, 3.8) is 0 Å². The molecule has 0 aliphatic carbocycles. The number of aryl methyl sites for hydroxylation is 1. The minimum atomic E-state index is -3.07. The monoisotopic (exact) mass is 501 g/mol. The molecule has 1 aliphatic rings. The van der Waals surface area contributed by atoms with Crippen LogP contribution in [0.1, 0.15) is 36.6 Å². The Hall–Kier alpha value is -0.460. The molecule has 10 heteroatoms. The molecule has 2 rings (SSSR count). The number of guanidine groups is 1. The van der Waals surface area contributed by atoms with Gasteiger partial charge in [0.25, 0.3) is 0 Å². The third-order valence-corrected chi connectivity index (χ3v) is 6.72. The summed E-state index contributed by atoms with van der Waals surface area (Å²) in [5.74, 6) is 0.935. The van der Waals surface area contributed by atoms with Gasteiger partial charge in [-0.05, 0) is 33.6 Å². The van der Waals surface area contributed by atoms with E-state index in [4.69, 9.17) is 0 Å². The molecule has 144 valence electrons. The van der Waals surface area contributed by atoms with Crippen LogP contribution in [0.2, 0.25) is 0 Å². The van der Waals surface area contributed by atoms with Gasteiger partial charge in [0.05, 0.1) is 12.3 Å². The molecule has 0 unspecified atom stereocenters. The highest BCUT2D eigenvalue weighted by Gasteiger charge is 2.26. The third-order valence-electron chi connectivity index (χ3n) is 3.94. The highest BCUT2D eigenvalue weighted by Crippen LogP contribution is 2.15. The van der Waals surface area contributed by atoms with E-state index in [2.05, 4.69) is 20.6 Å². The predicted octanol–water partition coefficient (Wildman–Crippen LogP) is 1.94. The van der Waals surface area contributed by atoms with Crippen molar-refractivity contribution in [3.05, 3.63) is 16.1 Å². The van der Waals surface area contributed by atoms with E-state index in [1.54, 1.807) is 22.6 Å². The van der Waals surface area contributed by atoms with Crippen LogP contribution in [-0.4, -0.2) is 55.1 Å². The minimum absolute atomic E-state index is 0. The molecule has 0 bridgehead atoms. The highest BCUT2D eigenvalue weighted by atomic mass is 127. The fourth-order valence-electron chi connectivity index (χ4n) is 2.60. The molecule has 0 amide bonds. The van der Waals surface area contributed by atoms with Crippen LogP contribution in [-0.2, 0) is 16.6 Å². The Balaban J connectivity index is 0.00000312. The van der Waals surface area contributed by atoms with Gasteiger partial charge in [-0.3, -0.25) is 0 Å². The Kier molecular flexibility index (Phi) is 9.60. The quantitative estimate of drug-likeness (QED) is 0.354. The Morgan fingerprint density at radius 3 is 2.60 bits per heavy atom. The van der Waals surface area contributed by atoms with Crippen molar-refractivity contribution in [1.82, 2.24) is 19.9 Å². The van der Waals surface area contributed by atoms with Gasteiger partial charge in [-0.15, -0.1) is 35.3 Å². The van der Waals surface area contributed by atoms with Crippen LogP contribution in [0.4, 0.5) is 0 Å². The summed E-state index contributed by atoms with van der Waals surface area (Å²) in [5, 5.41) is 7.66. The zero-order chi connectivity index (χ0) is 17.6. The summed E-state index contributed by atoms with van der Waals surface area (Å²) in [6.45, 7) is 8.23. The molecule has 0 radical (unpaired) electrons. The molecular formula is C15H28IN5O2S2. The maximum absolute atomic E-state index is 11.9. The molecule has 1 saturated heterocycles. The summed E-state index contributed by atoms with van der Waals surface area (Å²) in [6, 6.07) is 0.240. The van der Waals surface area contributed by atoms with Crippen LogP contribution in [0.5, 0.6) is 0 Å². The largest absolute Gasteiger partial charge is 0.357 e. The van der Waals surface area contributed by atoms with Gasteiger partial charge < -0.3 is 10.6 Å². The molecule has 0 spiro atoms. The van der Waals surface area contributed by atoms with Crippen molar-refractivity contribution in [2.75, 3.05) is 25.4 Å². The number of aromatic nitrogens is 1. The summed E-state index contributed by atoms with van der Waals surface area (Å²) in [6.07, 6.45) is 3.44. The molecule has 0 atom stereocenters. The lowest BCUT2D eigenvalue weighted by molar-refractivity contribution is 0.306. The van der Waals surface area contributed by atoms with Gasteiger partial charge in [0.2, 0.25) is 10.0 Å². The molecule has 1 fully saturated rings. The van der Waals surface area contributed by atoms with Crippen LogP contribution in [0, 0.1) is 6.92 Å². The number of aliphatic imine (C=N–C) groups is 1. The lowest BCUT2D eigenvalue weighted by Gasteiger charge is -2.32. The minimum Gasteiger partial charge on any atom is -0.357 e. The summed E-state index contributed by atoms with van der Waals surface area (Å²) < 4.78 is 25.4. The van der Waals surface area contributed by atoms with Crippen molar-refractivity contribution in [3.8, 4) is 0 Å². The van der Waals surface area contributed by atoms with Crippen molar-refractivity contribution < 1.29 is 8.42 Å². The molecule has 7 nitrogen and oxygen atoms in total. The lowest BCUT2D eigenvalue weighted by atomic mass is 10.1. The average Bonchev–Trinajstić information content (AvgIpc) is 2.99. The number of sulfonamides is 1. The van der Waals surface area contributed by atoms with Crippen LogP contribution in [0.25, 0.3) is 0 Å². The molecule has 1 aliphatic heterocycles. The number of hydrogen-bond acceptors (Lipinski definition) is 5. The van der Waals surface area contributed by atoms with Gasteiger partial charge in [0.1, 0.15) is 5.01 Å². The number of thiazole rings is 1. The van der Waals surface area contributed by atoms with Crippen molar-refractivity contribution >= 4 is 51.3 Å². The second-order valence-electron chi connectivity index (χ2n) is 5.78. The smallest absolute Gasteiger partial charge is 0.213 e. The van der Waals surface area contributed by atoms with Crippen molar-refractivity contribution in [1.29, 1.82) is 0 Å². The van der Waals surface area contributed by atoms with Gasteiger partial charge in [0, 0.05) is 36.8 Å². The fraction of sp³-hybridized carbons (Fsp3) is 0.733. The van der Waals surface area contributed by atoms with Gasteiger partial charge in [-0.1, -0.05) is 0 Å². The molecule has 1 aromatic rings. The van der Waals surface area contributed by atoms with E-state index >= 15 is 0 Å². The van der Waals surface area contributed by atoms with E-state index in [1.807, 2.05) is 20.0 Å². The van der Waals surface area contributed by atoms with Crippen LogP contribution in [0.15, 0.2) is 11.2 Å². The number of halogens is 1. The second-order valence-corrected chi connectivity index (χ2v) is 9.35. The number of rotatable bonds is 6. The van der Waals surface area contributed by atoms with E-state index < -0.39 is 10.0 Å². The molecule has 2 N–H and O–H groups in total. The van der Waals surface area contributed by atoms with Crippen LogP contribution >= 0.6 is 35.3 Å². The molecule has 1 aromatic heterocycles. The normalized spacial score (nSPS) is 17.2. The zero-order valence-corrected chi connectivity index (χ0v) is 19.0. The molecule has 0 saturated carbocycles. The fourth-order valence-corrected chi connectivity index (χ4v) is 4.44. The Labute approximate surface area is 171 Å². The van der Waals surface area contributed by atoms with E-state index in [1.165, 1.54) is 4.88 Å². The highest BCUT2D eigenvalue weighted by molar-refractivity contribution is 14.0. The topological polar surface area (TPSA) is 86.7 Å². The summed E-state index contributed by atoms with van der Waals surface area (Å²) in [4.78, 5) is 10.1. The molecule has 0 aromatic carbocycles. The zero-order valence-electron chi connectivity index (χ0n) is 15.0. The van der Waals surface area contributed by atoms with E-state index in [9.17, 15) is 8.42 Å². The number of piperidine rings is 1. The Morgan fingerprint density at radius 1 is 1.40 bits per heavy atom. The SMILES string of the molecule is CCNC(=NCc1ncc(C)s1)NC1CCN(S(=O)(=O)CC)CC1.I. The van der Waals surface area contributed by atoms with Gasteiger partial charge in [-0.25, -0.2) is 22.7 Å². The third kappa shape index (κ3) is 6.99. The Morgan fingerprint density at radius 2 is 2.08 bits per heavy atom. The van der Waals surface area contributed by atoms with Crippen LogP contribution < -0.4 is 10.6 Å². The first-order valence-electron chi connectivity index (χ1n) is 8.38. The van der Waals surface area contributed by atoms with Gasteiger partial charge in [0.15, 0.2) is 5.96 Å². The summed E-state index contributed by atoms with van der Waals surface area (Å²) >= 11 is 1.65. The second kappa shape index (κ2) is 10.6. The summed E-state index contributed by atoms with van der Waals surface area (Å²) in [7, 11) is -3.07. The molecule has 25 heavy (non-hydrogen) atoms. The number of nitrogens with one attached hydrogen (secondary N) is 2. The maximum atomic E-state index is 11.9. The van der Waals surface area contributed by atoms with E-state index in [-0.39, 0.29) is 35.8 Å². The first-order chi connectivity index (χ1) is 11.4. The van der Waals surface area contributed by atoms with Crippen LogP contribution in [0.3, 0.4) is 0 Å². The van der Waals surface area contributed by atoms with Crippen molar-refractivity contribution in [2.24, 2.45) is 4.99 Å². The summed E-state index contributed by atoms with van der Waals surface area (Å²) in [5.41, 5.74) is 0. The average molecular weight is 501 g/mol. The predicted molar refractivity (Wildman–Crippen MR) is 114 cm³/mol. The van der Waals surface area contributed by atoms with Gasteiger partial charge >= 0.3 is 0 Å². The molecular weight excluding hydrogens is 473 g/mol. The van der Waals surface area contributed by atoms with Gasteiger partial charge in [-0.2, -0.15) is 0 Å². The van der Waals surface area contributed by atoms with E-state index in [0.29, 0.717) is 19.6 Å². The Bertz CT molecular complexity index is 655. The lowest BCUT2D eigenvalue weighted by Crippen LogP contribution is -2.50. The number of nitrogens with zero attached hydrogens (tertiary/aromatic N) is 3. The first kappa shape index (κ1) is 22.6. The number of hydrogen-bond donors (Lipinski definition) is 2. The maximum Gasteiger partial charge on any atom is 0.213 e. The molecule has 2 heterocycles.